The SMILES string of the molecule is O=C(O)N1Cc2c(F)ccc3c2[C@H](CO3)COc2cc(Br)c3nncn3c21. The minimum atomic E-state index is -1.24. The standard InChI is InChI=1S/C17H12BrFN4O4/c18-10-3-13-16(23-7-20-21-15(10)23)22(17(24)25)4-9-11(19)1-2-12-14(9)8(5-26-12)6-27-13/h1-3,7-8H,4-6H2,(H,24,25)/t8-/m1/s1. The number of benzene rings is 1. The van der Waals surface area contributed by atoms with Crippen LogP contribution in [0, 0.1) is 5.82 Å². The summed E-state index contributed by atoms with van der Waals surface area (Å²) in [5, 5.41) is 17.7. The highest BCUT2D eigenvalue weighted by atomic mass is 79.9. The summed E-state index contributed by atoms with van der Waals surface area (Å²) >= 11 is 3.41. The first-order chi connectivity index (χ1) is 13.0. The van der Waals surface area contributed by atoms with Crippen LogP contribution in [-0.2, 0) is 6.54 Å². The van der Waals surface area contributed by atoms with Crippen LogP contribution in [0.4, 0.5) is 15.0 Å². The molecule has 3 aromatic rings. The van der Waals surface area contributed by atoms with Crippen LogP contribution in [0.25, 0.3) is 5.65 Å². The molecule has 5 rings (SSSR count). The summed E-state index contributed by atoms with van der Waals surface area (Å²) in [7, 11) is 0. The predicted octanol–water partition coefficient (Wildman–Crippen LogP) is 3.18. The van der Waals surface area contributed by atoms with Gasteiger partial charge in [0.15, 0.2) is 17.2 Å². The van der Waals surface area contributed by atoms with Gasteiger partial charge in [-0.3, -0.25) is 9.30 Å². The zero-order chi connectivity index (χ0) is 18.7. The Labute approximate surface area is 160 Å². The third-order valence-corrected chi connectivity index (χ3v) is 5.40. The zero-order valence-corrected chi connectivity index (χ0v) is 15.3. The molecule has 1 atom stereocenters. The van der Waals surface area contributed by atoms with Gasteiger partial charge in [-0.1, -0.05) is 0 Å². The number of carbonyl (C=O) groups is 1. The second kappa shape index (κ2) is 5.81. The van der Waals surface area contributed by atoms with Crippen molar-refractivity contribution in [1.82, 2.24) is 14.6 Å². The monoisotopic (exact) mass is 434 g/mol. The molecule has 138 valence electrons. The summed E-state index contributed by atoms with van der Waals surface area (Å²) in [5.41, 5.74) is 1.38. The zero-order valence-electron chi connectivity index (χ0n) is 13.7. The van der Waals surface area contributed by atoms with Gasteiger partial charge in [-0.25, -0.2) is 9.18 Å². The fourth-order valence-corrected chi connectivity index (χ4v) is 4.10. The minimum absolute atomic E-state index is 0.185. The largest absolute Gasteiger partial charge is 0.493 e. The average molecular weight is 435 g/mol. The van der Waals surface area contributed by atoms with E-state index >= 15 is 0 Å². The van der Waals surface area contributed by atoms with Crippen molar-refractivity contribution in [3.63, 3.8) is 0 Å². The molecule has 1 N–H and O–H groups in total. The van der Waals surface area contributed by atoms with E-state index in [1.54, 1.807) is 12.1 Å². The van der Waals surface area contributed by atoms with Crippen LogP contribution in [0.2, 0.25) is 0 Å². The molecule has 4 heterocycles. The number of hydrogen-bond acceptors (Lipinski definition) is 5. The van der Waals surface area contributed by atoms with Crippen LogP contribution in [0.15, 0.2) is 29.0 Å². The molecule has 0 saturated carbocycles. The number of pyridine rings is 1. The number of carboxylic acid groups (broad SMARTS) is 1. The maximum absolute atomic E-state index is 14.7. The Kier molecular flexibility index (Phi) is 3.51. The van der Waals surface area contributed by atoms with Crippen molar-refractivity contribution in [2.45, 2.75) is 12.5 Å². The lowest BCUT2D eigenvalue weighted by molar-refractivity contribution is 0.200. The molecule has 2 aromatic heterocycles. The Morgan fingerprint density at radius 2 is 2.07 bits per heavy atom. The van der Waals surface area contributed by atoms with Gasteiger partial charge in [0.25, 0.3) is 0 Å². The van der Waals surface area contributed by atoms with Crippen LogP contribution >= 0.6 is 15.9 Å². The number of ether oxygens (including phenoxy) is 2. The number of rotatable bonds is 0. The van der Waals surface area contributed by atoms with Crippen molar-refractivity contribution in [3.8, 4) is 11.5 Å². The summed E-state index contributed by atoms with van der Waals surface area (Å²) < 4.78 is 28.4. The normalized spacial score (nSPS) is 18.0. The fourth-order valence-electron chi connectivity index (χ4n) is 3.62. The first-order valence-electron chi connectivity index (χ1n) is 8.14. The van der Waals surface area contributed by atoms with E-state index < -0.39 is 11.9 Å². The van der Waals surface area contributed by atoms with E-state index in [4.69, 9.17) is 9.47 Å². The lowest BCUT2D eigenvalue weighted by Gasteiger charge is -2.23. The van der Waals surface area contributed by atoms with Crippen molar-refractivity contribution in [1.29, 1.82) is 0 Å². The van der Waals surface area contributed by atoms with Crippen molar-refractivity contribution in [3.05, 3.63) is 45.9 Å². The van der Waals surface area contributed by atoms with Crippen LogP contribution < -0.4 is 14.4 Å². The molecule has 0 unspecified atom stereocenters. The molecule has 0 aliphatic carbocycles. The van der Waals surface area contributed by atoms with Gasteiger partial charge in [-0.2, -0.15) is 0 Å². The highest BCUT2D eigenvalue weighted by molar-refractivity contribution is 9.10. The van der Waals surface area contributed by atoms with Crippen molar-refractivity contribution in [2.24, 2.45) is 0 Å². The van der Waals surface area contributed by atoms with Crippen LogP contribution in [0.1, 0.15) is 17.0 Å². The maximum atomic E-state index is 14.7. The molecule has 2 aliphatic heterocycles. The topological polar surface area (TPSA) is 89.2 Å². The third-order valence-electron chi connectivity index (χ3n) is 4.82. The second-order valence-corrected chi connectivity index (χ2v) is 7.18. The van der Waals surface area contributed by atoms with Crippen molar-refractivity contribution < 1.29 is 23.8 Å². The Morgan fingerprint density at radius 1 is 1.30 bits per heavy atom. The number of amides is 1. The van der Waals surface area contributed by atoms with Crippen LogP contribution in [0.3, 0.4) is 0 Å². The number of hydrogen-bond donors (Lipinski definition) is 1. The Hall–Kier alpha value is -2.88. The van der Waals surface area contributed by atoms with E-state index in [2.05, 4.69) is 26.1 Å². The van der Waals surface area contributed by atoms with Gasteiger partial charge in [0.1, 0.15) is 17.9 Å². The Balaban J connectivity index is 1.79. The lowest BCUT2D eigenvalue weighted by Crippen LogP contribution is -2.31. The molecule has 10 heteroatoms. The van der Waals surface area contributed by atoms with Crippen LogP contribution in [0.5, 0.6) is 11.5 Å². The smallest absolute Gasteiger partial charge is 0.413 e. The van der Waals surface area contributed by atoms with Gasteiger partial charge in [0.2, 0.25) is 0 Å². The maximum Gasteiger partial charge on any atom is 0.413 e. The number of fused-ring (bicyclic) bond motifs is 3. The van der Waals surface area contributed by atoms with Gasteiger partial charge in [-0.15, -0.1) is 10.2 Å². The number of anilines is 1. The minimum Gasteiger partial charge on any atom is -0.493 e. The van der Waals surface area contributed by atoms with E-state index in [1.807, 2.05) is 0 Å². The molecule has 0 saturated heterocycles. The van der Waals surface area contributed by atoms with E-state index in [0.29, 0.717) is 33.8 Å². The molecule has 2 aliphatic rings. The number of nitrogens with zero attached hydrogens (tertiary/aromatic N) is 4. The average Bonchev–Trinajstić information content (AvgIpc) is 3.27. The molecule has 0 bridgehead atoms. The Bertz CT molecular complexity index is 1100. The third kappa shape index (κ3) is 2.36. The predicted molar refractivity (Wildman–Crippen MR) is 95.0 cm³/mol. The Morgan fingerprint density at radius 3 is 2.85 bits per heavy atom. The summed E-state index contributed by atoms with van der Waals surface area (Å²) in [6, 6.07) is 4.52. The molecule has 8 nitrogen and oxygen atoms in total. The van der Waals surface area contributed by atoms with Crippen LogP contribution in [-0.4, -0.2) is 39.0 Å². The van der Waals surface area contributed by atoms with E-state index in [-0.39, 0.29) is 30.5 Å². The molecule has 1 aromatic carbocycles. The van der Waals surface area contributed by atoms with E-state index in [1.165, 1.54) is 16.8 Å². The van der Waals surface area contributed by atoms with Gasteiger partial charge < -0.3 is 14.6 Å². The second-order valence-electron chi connectivity index (χ2n) is 6.33. The molecular formula is C17H12BrFN4O4. The summed E-state index contributed by atoms with van der Waals surface area (Å²) in [6.07, 6.45) is 0.155. The fraction of sp³-hybridized carbons (Fsp3) is 0.235. The van der Waals surface area contributed by atoms with Gasteiger partial charge >= 0.3 is 6.09 Å². The molecule has 0 spiro atoms. The first kappa shape index (κ1) is 16.3. The number of halogens is 2. The number of aromatic nitrogens is 3. The lowest BCUT2D eigenvalue weighted by atomic mass is 9.95. The molecular weight excluding hydrogens is 423 g/mol. The highest BCUT2D eigenvalue weighted by Gasteiger charge is 2.35. The van der Waals surface area contributed by atoms with Gasteiger partial charge in [-0.05, 0) is 28.1 Å². The first-order valence-corrected chi connectivity index (χ1v) is 8.93. The molecule has 1 amide bonds. The van der Waals surface area contributed by atoms with Crippen molar-refractivity contribution in [2.75, 3.05) is 18.1 Å². The molecule has 27 heavy (non-hydrogen) atoms. The van der Waals surface area contributed by atoms with E-state index in [0.717, 1.165) is 4.90 Å². The summed E-state index contributed by atoms with van der Waals surface area (Å²) in [4.78, 5) is 13.1. The van der Waals surface area contributed by atoms with Gasteiger partial charge in [0.05, 0.1) is 30.1 Å². The van der Waals surface area contributed by atoms with Crippen molar-refractivity contribution >= 4 is 33.5 Å². The quantitative estimate of drug-likeness (QED) is 0.584. The summed E-state index contributed by atoms with van der Waals surface area (Å²) in [6.45, 7) is 0.393. The highest BCUT2D eigenvalue weighted by Crippen LogP contribution is 2.43. The van der Waals surface area contributed by atoms with E-state index in [9.17, 15) is 14.3 Å². The summed E-state index contributed by atoms with van der Waals surface area (Å²) in [5.74, 6) is 0.451. The van der Waals surface area contributed by atoms with Gasteiger partial charge in [0, 0.05) is 17.2 Å². The molecule has 0 fully saturated rings. The molecule has 0 radical (unpaired) electrons.